The number of nitrogens with zero attached hydrogens (tertiary/aromatic N) is 1. The maximum Gasteiger partial charge on any atom is 0.355 e. The molecule has 0 unspecified atom stereocenters. The van der Waals surface area contributed by atoms with Crippen LogP contribution in [0.25, 0.3) is 5.57 Å². The standard InChI is InChI=1S/C21H20N2O4S/c1-26-15-9-7-13(8-10-15)11-27-21(25)18-16(14-5-3-2-4-6-14)12-28-20-17(22)19(24)23(18)20/h2-10,17,20H,11-12,22H2,1H3/t17-,20-/m1/s1. The Balaban J connectivity index is 1.60. The first-order valence-electron chi connectivity index (χ1n) is 8.89. The fourth-order valence-electron chi connectivity index (χ4n) is 3.30. The third-order valence-electron chi connectivity index (χ3n) is 4.85. The highest BCUT2D eigenvalue weighted by atomic mass is 32.2. The number of carbonyl (C=O) groups excluding carboxylic acids is 2. The van der Waals surface area contributed by atoms with Crippen molar-refractivity contribution < 1.29 is 19.1 Å². The zero-order chi connectivity index (χ0) is 19.7. The lowest BCUT2D eigenvalue weighted by Crippen LogP contribution is -2.68. The van der Waals surface area contributed by atoms with Gasteiger partial charge >= 0.3 is 5.97 Å². The van der Waals surface area contributed by atoms with Crippen LogP contribution in [-0.4, -0.2) is 41.1 Å². The molecule has 0 bridgehead atoms. The molecular weight excluding hydrogens is 376 g/mol. The number of methoxy groups -OCH3 is 1. The molecule has 0 spiro atoms. The minimum atomic E-state index is -0.577. The number of rotatable bonds is 5. The summed E-state index contributed by atoms with van der Waals surface area (Å²) in [4.78, 5) is 26.8. The van der Waals surface area contributed by atoms with Crippen molar-refractivity contribution >= 4 is 29.2 Å². The van der Waals surface area contributed by atoms with Gasteiger partial charge in [-0.1, -0.05) is 42.5 Å². The number of fused-ring (bicyclic) bond motifs is 1. The Morgan fingerprint density at radius 2 is 1.89 bits per heavy atom. The summed E-state index contributed by atoms with van der Waals surface area (Å²) >= 11 is 1.57. The Kier molecular flexibility index (Phi) is 5.11. The highest BCUT2D eigenvalue weighted by Crippen LogP contribution is 2.42. The number of carbonyl (C=O) groups is 2. The van der Waals surface area contributed by atoms with Gasteiger partial charge in [0.2, 0.25) is 5.91 Å². The van der Waals surface area contributed by atoms with Gasteiger partial charge < -0.3 is 15.2 Å². The van der Waals surface area contributed by atoms with E-state index in [1.165, 1.54) is 4.90 Å². The zero-order valence-electron chi connectivity index (χ0n) is 15.3. The molecule has 4 rings (SSSR count). The van der Waals surface area contributed by atoms with E-state index in [-0.39, 0.29) is 17.9 Å². The van der Waals surface area contributed by atoms with Crippen LogP contribution in [0.4, 0.5) is 0 Å². The monoisotopic (exact) mass is 396 g/mol. The van der Waals surface area contributed by atoms with Gasteiger partial charge in [-0.2, -0.15) is 0 Å². The van der Waals surface area contributed by atoms with Gasteiger partial charge in [-0.25, -0.2) is 4.79 Å². The molecule has 2 N–H and O–H groups in total. The number of benzene rings is 2. The molecule has 2 aromatic carbocycles. The second-order valence-electron chi connectivity index (χ2n) is 6.55. The number of hydrogen-bond acceptors (Lipinski definition) is 6. The maximum absolute atomic E-state index is 13.0. The second-order valence-corrected chi connectivity index (χ2v) is 7.66. The van der Waals surface area contributed by atoms with Crippen LogP contribution in [0.3, 0.4) is 0 Å². The third-order valence-corrected chi connectivity index (χ3v) is 6.15. The summed E-state index contributed by atoms with van der Waals surface area (Å²) in [5.74, 6) is 0.567. The average molecular weight is 396 g/mol. The molecule has 28 heavy (non-hydrogen) atoms. The van der Waals surface area contributed by atoms with Crippen molar-refractivity contribution in [1.82, 2.24) is 4.90 Å². The molecule has 7 heteroatoms. The lowest BCUT2D eigenvalue weighted by atomic mass is 9.99. The van der Waals surface area contributed by atoms with E-state index in [9.17, 15) is 9.59 Å². The Morgan fingerprint density at radius 1 is 1.18 bits per heavy atom. The molecule has 2 aliphatic heterocycles. The first-order chi connectivity index (χ1) is 13.6. The Morgan fingerprint density at radius 3 is 2.57 bits per heavy atom. The molecule has 2 heterocycles. The van der Waals surface area contributed by atoms with Gasteiger partial charge in [0.1, 0.15) is 29.5 Å². The van der Waals surface area contributed by atoms with Crippen molar-refractivity contribution in [3.05, 3.63) is 71.4 Å². The molecule has 0 aromatic heterocycles. The van der Waals surface area contributed by atoms with E-state index in [0.29, 0.717) is 11.4 Å². The van der Waals surface area contributed by atoms with Gasteiger partial charge in [0.25, 0.3) is 0 Å². The van der Waals surface area contributed by atoms with Crippen molar-refractivity contribution in [2.24, 2.45) is 5.73 Å². The minimum absolute atomic E-state index is 0.111. The molecule has 2 aromatic rings. The van der Waals surface area contributed by atoms with Crippen LogP contribution in [0, 0.1) is 0 Å². The van der Waals surface area contributed by atoms with E-state index in [4.69, 9.17) is 15.2 Å². The minimum Gasteiger partial charge on any atom is -0.497 e. The molecule has 144 valence electrons. The van der Waals surface area contributed by atoms with Crippen LogP contribution in [0.15, 0.2) is 60.3 Å². The molecule has 1 saturated heterocycles. The summed E-state index contributed by atoms with van der Waals surface area (Å²) in [7, 11) is 1.60. The first-order valence-corrected chi connectivity index (χ1v) is 9.94. The largest absolute Gasteiger partial charge is 0.497 e. The third kappa shape index (κ3) is 3.27. The van der Waals surface area contributed by atoms with Crippen molar-refractivity contribution in [2.45, 2.75) is 18.0 Å². The Labute approximate surface area is 167 Å². The SMILES string of the molecule is COc1ccc(COC(=O)C2=C(c3ccccc3)CS[C@@H]3[C@H](N)C(=O)N23)cc1. The lowest BCUT2D eigenvalue weighted by Gasteiger charge is -2.48. The lowest BCUT2D eigenvalue weighted by molar-refractivity contribution is -0.151. The van der Waals surface area contributed by atoms with E-state index >= 15 is 0 Å². The van der Waals surface area contributed by atoms with Gasteiger partial charge in [-0.05, 0) is 23.3 Å². The van der Waals surface area contributed by atoms with Crippen molar-refractivity contribution in [3.63, 3.8) is 0 Å². The summed E-state index contributed by atoms with van der Waals surface area (Å²) in [6, 6.07) is 16.3. The quantitative estimate of drug-likeness (QED) is 0.617. The fourth-order valence-corrected chi connectivity index (χ4v) is 4.63. The summed E-state index contributed by atoms with van der Waals surface area (Å²) in [6.07, 6.45) is 0. The summed E-state index contributed by atoms with van der Waals surface area (Å²) in [5.41, 5.74) is 8.75. The fraction of sp³-hybridized carbons (Fsp3) is 0.238. The number of thioether (sulfide) groups is 1. The van der Waals surface area contributed by atoms with Gasteiger partial charge in [-0.3, -0.25) is 9.69 Å². The normalized spacial score (nSPS) is 21.1. The molecule has 6 nitrogen and oxygen atoms in total. The molecule has 2 atom stereocenters. The van der Waals surface area contributed by atoms with Crippen LogP contribution >= 0.6 is 11.8 Å². The van der Waals surface area contributed by atoms with E-state index in [1.54, 1.807) is 18.9 Å². The molecule has 0 saturated carbocycles. The van der Waals surface area contributed by atoms with Crippen LogP contribution in [-0.2, 0) is 20.9 Å². The highest BCUT2D eigenvalue weighted by Gasteiger charge is 2.52. The van der Waals surface area contributed by atoms with E-state index < -0.39 is 12.0 Å². The molecule has 1 fully saturated rings. The number of amides is 1. The van der Waals surface area contributed by atoms with Gasteiger partial charge in [-0.15, -0.1) is 11.8 Å². The number of β-lactam (4-membered cyclic amide) rings is 1. The Bertz CT molecular complexity index is 927. The predicted octanol–water partition coefficient (Wildman–Crippen LogP) is 2.39. The smallest absolute Gasteiger partial charge is 0.355 e. The average Bonchev–Trinajstić information content (AvgIpc) is 2.76. The van der Waals surface area contributed by atoms with Crippen LogP contribution in [0.2, 0.25) is 0 Å². The number of nitrogens with two attached hydrogens (primary N) is 1. The first kappa shape index (κ1) is 18.6. The molecule has 1 amide bonds. The number of hydrogen-bond donors (Lipinski definition) is 1. The number of ether oxygens (including phenoxy) is 2. The van der Waals surface area contributed by atoms with Gasteiger partial charge in [0.15, 0.2) is 0 Å². The topological polar surface area (TPSA) is 81.9 Å². The zero-order valence-corrected chi connectivity index (χ0v) is 16.1. The molecule has 0 radical (unpaired) electrons. The Hall–Kier alpha value is -2.77. The van der Waals surface area contributed by atoms with Crippen LogP contribution < -0.4 is 10.5 Å². The maximum atomic E-state index is 13.0. The van der Waals surface area contributed by atoms with Gasteiger partial charge in [0, 0.05) is 11.3 Å². The number of esters is 1. The highest BCUT2D eigenvalue weighted by molar-refractivity contribution is 8.00. The summed E-state index contributed by atoms with van der Waals surface area (Å²) in [5, 5.41) is -0.219. The molecule has 0 aliphatic carbocycles. The van der Waals surface area contributed by atoms with E-state index in [1.807, 2.05) is 54.6 Å². The van der Waals surface area contributed by atoms with Crippen LogP contribution in [0.5, 0.6) is 5.75 Å². The summed E-state index contributed by atoms with van der Waals surface area (Å²) < 4.78 is 10.7. The van der Waals surface area contributed by atoms with Crippen molar-refractivity contribution in [1.29, 1.82) is 0 Å². The van der Waals surface area contributed by atoms with E-state index in [0.717, 1.165) is 22.4 Å². The van der Waals surface area contributed by atoms with Crippen LogP contribution in [0.1, 0.15) is 11.1 Å². The van der Waals surface area contributed by atoms with E-state index in [2.05, 4.69) is 0 Å². The van der Waals surface area contributed by atoms with Gasteiger partial charge in [0.05, 0.1) is 7.11 Å². The van der Waals surface area contributed by atoms with Crippen molar-refractivity contribution in [2.75, 3.05) is 12.9 Å². The summed E-state index contributed by atoms with van der Waals surface area (Å²) in [6.45, 7) is 0.111. The molecular formula is C21H20N2O4S. The second kappa shape index (κ2) is 7.69. The van der Waals surface area contributed by atoms with Crippen molar-refractivity contribution in [3.8, 4) is 5.75 Å². The predicted molar refractivity (Wildman–Crippen MR) is 107 cm³/mol. The molecule has 2 aliphatic rings.